The maximum absolute atomic E-state index is 13.1. The highest BCUT2D eigenvalue weighted by molar-refractivity contribution is 5.84. The van der Waals surface area contributed by atoms with Crippen molar-refractivity contribution in [2.75, 3.05) is 43.4 Å². The molecule has 1 N–H and O–H groups in total. The first-order valence-electron chi connectivity index (χ1n) is 11.1. The molecule has 5 rings (SSSR count). The summed E-state index contributed by atoms with van der Waals surface area (Å²) in [6.07, 6.45) is 8.91. The van der Waals surface area contributed by atoms with Crippen LogP contribution in [0.3, 0.4) is 0 Å². The highest BCUT2D eigenvalue weighted by Crippen LogP contribution is 2.23. The Labute approximate surface area is 197 Å². The number of nitrogens with one attached hydrogen (secondary N) is 1. The van der Waals surface area contributed by atoms with Gasteiger partial charge in [-0.3, -0.25) is 9.36 Å². The summed E-state index contributed by atoms with van der Waals surface area (Å²) < 4.78 is 6.75. The Kier molecular flexibility index (Phi) is 5.74. The van der Waals surface area contributed by atoms with Crippen molar-refractivity contribution in [1.82, 2.24) is 24.6 Å². The van der Waals surface area contributed by atoms with Gasteiger partial charge < -0.3 is 19.6 Å². The first-order chi connectivity index (χ1) is 16.5. The molecular formula is C25H25N7O2. The van der Waals surface area contributed by atoms with Crippen LogP contribution < -0.4 is 15.8 Å². The molecule has 172 valence electrons. The highest BCUT2D eigenvalue weighted by atomic mass is 16.5. The van der Waals surface area contributed by atoms with E-state index in [0.717, 1.165) is 31.9 Å². The number of aromatic nitrogens is 4. The Morgan fingerprint density at radius 2 is 1.91 bits per heavy atom. The zero-order valence-electron chi connectivity index (χ0n) is 19.2. The summed E-state index contributed by atoms with van der Waals surface area (Å²) in [6.45, 7) is 6.03. The number of nitrogens with zero attached hydrogens (tertiary/aromatic N) is 6. The molecule has 34 heavy (non-hydrogen) atoms. The van der Waals surface area contributed by atoms with E-state index < -0.39 is 0 Å². The lowest BCUT2D eigenvalue weighted by Gasteiger charge is -2.34. The van der Waals surface area contributed by atoms with E-state index in [1.54, 1.807) is 25.4 Å². The van der Waals surface area contributed by atoms with Crippen LogP contribution in [-0.2, 0) is 6.54 Å². The fourth-order valence-corrected chi connectivity index (χ4v) is 4.18. The number of likely N-dealkylation sites (N-methyl/N-ethyl adjacent to an activating group) is 1. The van der Waals surface area contributed by atoms with Gasteiger partial charge in [0.2, 0.25) is 5.95 Å². The van der Waals surface area contributed by atoms with Gasteiger partial charge in [-0.1, -0.05) is 11.1 Å². The van der Waals surface area contributed by atoms with E-state index in [-0.39, 0.29) is 12.1 Å². The molecule has 3 aromatic heterocycles. The van der Waals surface area contributed by atoms with Gasteiger partial charge in [0, 0.05) is 60.9 Å². The number of terminal acetylenes is 1. The number of rotatable bonds is 5. The van der Waals surface area contributed by atoms with Gasteiger partial charge in [0.05, 0.1) is 18.1 Å². The predicted molar refractivity (Wildman–Crippen MR) is 132 cm³/mol. The number of piperazine rings is 1. The highest BCUT2D eigenvalue weighted by Gasteiger charge is 2.17. The topological polar surface area (TPSA) is 92.3 Å². The number of pyridine rings is 1. The number of hydrogen-bond donors (Lipinski definition) is 1. The van der Waals surface area contributed by atoms with Gasteiger partial charge in [-0.2, -0.15) is 4.98 Å². The molecule has 4 heterocycles. The third-order valence-electron chi connectivity index (χ3n) is 6.18. The lowest BCUT2D eigenvalue weighted by atomic mass is 10.1. The van der Waals surface area contributed by atoms with Gasteiger partial charge in [0.1, 0.15) is 5.65 Å². The Morgan fingerprint density at radius 3 is 2.59 bits per heavy atom. The maximum atomic E-state index is 13.1. The number of fused-ring (bicyclic) bond motifs is 1. The molecule has 1 aromatic carbocycles. The molecule has 0 amide bonds. The van der Waals surface area contributed by atoms with E-state index in [4.69, 9.17) is 10.9 Å². The van der Waals surface area contributed by atoms with Gasteiger partial charge in [-0.25, -0.2) is 4.98 Å². The minimum absolute atomic E-state index is 0.192. The molecular weight excluding hydrogens is 430 g/mol. The molecule has 1 aliphatic heterocycles. The van der Waals surface area contributed by atoms with Gasteiger partial charge in [-0.15, -0.1) is 6.42 Å². The molecule has 0 radical (unpaired) electrons. The molecule has 9 heteroatoms. The number of hydrogen-bond acceptors (Lipinski definition) is 8. The van der Waals surface area contributed by atoms with Crippen molar-refractivity contribution in [2.24, 2.45) is 0 Å². The molecule has 0 saturated carbocycles. The second kappa shape index (κ2) is 9.00. The second-order valence-electron chi connectivity index (χ2n) is 8.41. The van der Waals surface area contributed by atoms with Crippen molar-refractivity contribution in [3.8, 4) is 12.3 Å². The van der Waals surface area contributed by atoms with E-state index in [2.05, 4.69) is 55.3 Å². The van der Waals surface area contributed by atoms with E-state index in [1.807, 2.05) is 12.1 Å². The fraction of sp³-hybridized carbons (Fsp3) is 0.280. The summed E-state index contributed by atoms with van der Waals surface area (Å²) in [5.74, 6) is 3.54. The van der Waals surface area contributed by atoms with Crippen molar-refractivity contribution in [3.05, 3.63) is 70.0 Å². The minimum atomic E-state index is -0.224. The van der Waals surface area contributed by atoms with Crippen LogP contribution >= 0.6 is 0 Å². The Morgan fingerprint density at radius 1 is 1.15 bits per heavy atom. The van der Waals surface area contributed by atoms with Crippen LogP contribution in [0.5, 0.6) is 0 Å². The minimum Gasteiger partial charge on any atom is -0.369 e. The van der Waals surface area contributed by atoms with E-state index in [1.165, 1.54) is 10.3 Å². The molecule has 1 saturated heterocycles. The average Bonchev–Trinajstić information content (AvgIpc) is 3.37. The van der Waals surface area contributed by atoms with Crippen LogP contribution in [0.4, 0.5) is 17.3 Å². The summed E-state index contributed by atoms with van der Waals surface area (Å²) in [4.78, 5) is 26.9. The Balaban J connectivity index is 1.47. The quantitative estimate of drug-likeness (QED) is 0.459. The molecule has 9 nitrogen and oxygen atoms in total. The summed E-state index contributed by atoms with van der Waals surface area (Å²) in [5, 5.41) is 7.60. The van der Waals surface area contributed by atoms with Crippen LogP contribution in [0, 0.1) is 19.3 Å². The number of anilines is 3. The van der Waals surface area contributed by atoms with Gasteiger partial charge >= 0.3 is 0 Å². The second-order valence-corrected chi connectivity index (χ2v) is 8.41. The Hall–Kier alpha value is -4.16. The first kappa shape index (κ1) is 21.7. The zero-order chi connectivity index (χ0) is 23.7. The smallest absolute Gasteiger partial charge is 0.256 e. The molecule has 0 spiro atoms. The fourth-order valence-electron chi connectivity index (χ4n) is 4.18. The first-order valence-corrected chi connectivity index (χ1v) is 11.1. The van der Waals surface area contributed by atoms with Crippen LogP contribution in [0.15, 0.2) is 52.0 Å². The third-order valence-corrected chi connectivity index (χ3v) is 6.18. The maximum Gasteiger partial charge on any atom is 0.256 e. The predicted octanol–water partition coefficient (Wildman–Crippen LogP) is 2.61. The summed E-state index contributed by atoms with van der Waals surface area (Å²) >= 11 is 0. The summed E-state index contributed by atoms with van der Waals surface area (Å²) in [6, 6.07) is 9.91. The standard InChI is InChI=1S/C25H25N7O2/c1-4-21-17(2)24(33)32(16-20-9-10-27-34-20)23-22(21)15-26-25(29-23)28-18-5-7-19(8-6-18)31-13-11-30(3)12-14-31/h1,5-10,15H,11-14,16H2,2-3H3,(H,26,28,29). The number of benzene rings is 1. The van der Waals surface area contributed by atoms with Gasteiger partial charge in [-0.05, 0) is 38.2 Å². The van der Waals surface area contributed by atoms with Gasteiger partial charge in [0.15, 0.2) is 5.76 Å². The zero-order valence-corrected chi connectivity index (χ0v) is 19.2. The van der Waals surface area contributed by atoms with Crippen molar-refractivity contribution < 1.29 is 4.52 Å². The van der Waals surface area contributed by atoms with E-state index in [0.29, 0.717) is 33.9 Å². The van der Waals surface area contributed by atoms with Crippen LogP contribution in [0.25, 0.3) is 11.0 Å². The van der Waals surface area contributed by atoms with Crippen LogP contribution in [0.2, 0.25) is 0 Å². The molecule has 4 aromatic rings. The lowest BCUT2D eigenvalue weighted by Crippen LogP contribution is -2.44. The van der Waals surface area contributed by atoms with Crippen LogP contribution in [0.1, 0.15) is 16.9 Å². The van der Waals surface area contributed by atoms with Crippen molar-refractivity contribution >= 4 is 28.4 Å². The largest absolute Gasteiger partial charge is 0.369 e. The average molecular weight is 456 g/mol. The molecule has 0 aliphatic carbocycles. The molecule has 1 fully saturated rings. The third kappa shape index (κ3) is 4.11. The lowest BCUT2D eigenvalue weighted by molar-refractivity contribution is 0.313. The van der Waals surface area contributed by atoms with Gasteiger partial charge in [0.25, 0.3) is 5.56 Å². The normalized spacial score (nSPS) is 14.3. The molecule has 0 bridgehead atoms. The van der Waals surface area contributed by atoms with E-state index >= 15 is 0 Å². The molecule has 1 aliphatic rings. The van der Waals surface area contributed by atoms with Crippen LogP contribution in [-0.4, -0.2) is 57.8 Å². The van der Waals surface area contributed by atoms with Crippen molar-refractivity contribution in [1.29, 1.82) is 0 Å². The summed E-state index contributed by atoms with van der Waals surface area (Å²) in [5.41, 5.74) is 3.22. The monoisotopic (exact) mass is 455 g/mol. The van der Waals surface area contributed by atoms with E-state index in [9.17, 15) is 4.79 Å². The molecule has 0 unspecified atom stereocenters. The Bertz CT molecular complexity index is 1410. The molecule has 0 atom stereocenters. The van der Waals surface area contributed by atoms with Crippen molar-refractivity contribution in [3.63, 3.8) is 0 Å². The van der Waals surface area contributed by atoms with Crippen molar-refractivity contribution in [2.45, 2.75) is 13.5 Å². The summed E-state index contributed by atoms with van der Waals surface area (Å²) in [7, 11) is 2.15. The SMILES string of the molecule is C#Cc1c(C)c(=O)n(Cc2ccno2)c2nc(Nc3ccc(N4CCN(C)CC4)cc3)ncc12.